The van der Waals surface area contributed by atoms with Gasteiger partial charge in [0.25, 0.3) is 5.91 Å². The van der Waals surface area contributed by atoms with Crippen LogP contribution in [0, 0.1) is 11.6 Å². The van der Waals surface area contributed by atoms with Gasteiger partial charge in [-0.05, 0) is 29.8 Å². The number of carbonyl (C=O) groups is 1. The molecule has 0 unspecified atom stereocenters. The van der Waals surface area contributed by atoms with Crippen LogP contribution in [0.4, 0.5) is 14.5 Å². The third-order valence-corrected chi connectivity index (χ3v) is 2.72. The fourth-order valence-corrected chi connectivity index (χ4v) is 1.60. The molecule has 20 heavy (non-hydrogen) atoms. The number of pyridine rings is 1. The van der Waals surface area contributed by atoms with Gasteiger partial charge in [-0.1, -0.05) is 6.07 Å². The third kappa shape index (κ3) is 3.28. The summed E-state index contributed by atoms with van der Waals surface area (Å²) in [7, 11) is 1.75. The van der Waals surface area contributed by atoms with Crippen LogP contribution in [0.15, 0.2) is 36.5 Å². The minimum Gasteiger partial charge on any atom is -0.387 e. The lowest BCUT2D eigenvalue weighted by atomic mass is 10.2. The standard InChI is InChI=1S/C14H13F2N3O/c1-17-10-3-5-13(18-8-10)14(20)19-7-9-2-4-11(15)12(16)6-9/h2-6,8,17H,7H2,1H3,(H,19,20). The van der Waals surface area contributed by atoms with Gasteiger partial charge in [-0.25, -0.2) is 13.8 Å². The summed E-state index contributed by atoms with van der Waals surface area (Å²) in [5.74, 6) is -2.23. The molecular weight excluding hydrogens is 264 g/mol. The molecule has 0 bridgehead atoms. The first-order valence-electron chi connectivity index (χ1n) is 5.96. The van der Waals surface area contributed by atoms with E-state index in [9.17, 15) is 13.6 Å². The molecule has 0 saturated carbocycles. The lowest BCUT2D eigenvalue weighted by Gasteiger charge is -2.06. The maximum Gasteiger partial charge on any atom is 0.270 e. The Morgan fingerprint density at radius 2 is 2.00 bits per heavy atom. The van der Waals surface area contributed by atoms with Gasteiger partial charge >= 0.3 is 0 Å². The molecule has 0 radical (unpaired) electrons. The molecule has 0 aliphatic rings. The Hall–Kier alpha value is -2.50. The monoisotopic (exact) mass is 277 g/mol. The highest BCUT2D eigenvalue weighted by molar-refractivity contribution is 5.92. The normalized spacial score (nSPS) is 10.2. The largest absolute Gasteiger partial charge is 0.387 e. The number of carbonyl (C=O) groups excluding carboxylic acids is 1. The molecule has 2 N–H and O–H groups in total. The number of anilines is 1. The van der Waals surface area contributed by atoms with E-state index in [2.05, 4.69) is 15.6 Å². The van der Waals surface area contributed by atoms with E-state index in [4.69, 9.17) is 0 Å². The zero-order chi connectivity index (χ0) is 14.5. The molecule has 1 aromatic heterocycles. The van der Waals surface area contributed by atoms with Crippen molar-refractivity contribution in [3.8, 4) is 0 Å². The van der Waals surface area contributed by atoms with Crippen molar-refractivity contribution in [1.29, 1.82) is 0 Å². The van der Waals surface area contributed by atoms with E-state index in [1.54, 1.807) is 19.2 Å². The molecule has 0 atom stereocenters. The molecule has 2 aromatic rings. The highest BCUT2D eigenvalue weighted by Gasteiger charge is 2.08. The van der Waals surface area contributed by atoms with E-state index in [1.165, 1.54) is 12.3 Å². The molecule has 1 amide bonds. The van der Waals surface area contributed by atoms with E-state index in [1.807, 2.05) is 0 Å². The summed E-state index contributed by atoms with van der Waals surface area (Å²) >= 11 is 0. The summed E-state index contributed by atoms with van der Waals surface area (Å²) in [4.78, 5) is 15.8. The molecule has 104 valence electrons. The first-order valence-corrected chi connectivity index (χ1v) is 5.96. The van der Waals surface area contributed by atoms with Crippen LogP contribution in [0.25, 0.3) is 0 Å². The average molecular weight is 277 g/mol. The smallest absolute Gasteiger partial charge is 0.270 e. The fourth-order valence-electron chi connectivity index (χ4n) is 1.60. The molecule has 4 nitrogen and oxygen atoms in total. The van der Waals surface area contributed by atoms with Crippen molar-refractivity contribution in [2.45, 2.75) is 6.54 Å². The topological polar surface area (TPSA) is 54.0 Å². The Labute approximate surface area is 114 Å². The number of benzene rings is 1. The zero-order valence-corrected chi connectivity index (χ0v) is 10.8. The first-order chi connectivity index (χ1) is 9.60. The predicted octanol–water partition coefficient (Wildman–Crippen LogP) is 2.33. The summed E-state index contributed by atoms with van der Waals surface area (Å²) in [6.07, 6.45) is 1.53. The van der Waals surface area contributed by atoms with Crippen molar-refractivity contribution in [1.82, 2.24) is 10.3 Å². The Kier molecular flexibility index (Phi) is 4.24. The van der Waals surface area contributed by atoms with E-state index >= 15 is 0 Å². The molecule has 0 fully saturated rings. The second kappa shape index (κ2) is 6.10. The Balaban J connectivity index is 1.98. The molecule has 0 saturated heterocycles. The Morgan fingerprint density at radius 3 is 2.60 bits per heavy atom. The van der Waals surface area contributed by atoms with Crippen LogP contribution >= 0.6 is 0 Å². The van der Waals surface area contributed by atoms with Crippen molar-refractivity contribution in [3.63, 3.8) is 0 Å². The summed E-state index contributed by atoms with van der Waals surface area (Å²) in [5.41, 5.74) is 1.53. The van der Waals surface area contributed by atoms with Gasteiger partial charge in [0.2, 0.25) is 0 Å². The number of nitrogens with zero attached hydrogens (tertiary/aromatic N) is 1. The van der Waals surface area contributed by atoms with Gasteiger partial charge in [0, 0.05) is 13.6 Å². The van der Waals surface area contributed by atoms with Gasteiger partial charge in [0.15, 0.2) is 11.6 Å². The number of hydrogen-bond donors (Lipinski definition) is 2. The number of aromatic nitrogens is 1. The highest BCUT2D eigenvalue weighted by atomic mass is 19.2. The number of rotatable bonds is 4. The molecule has 6 heteroatoms. The summed E-state index contributed by atoms with van der Waals surface area (Å²) in [6, 6.07) is 6.78. The van der Waals surface area contributed by atoms with Gasteiger partial charge in [-0.3, -0.25) is 4.79 Å². The van der Waals surface area contributed by atoms with Crippen LogP contribution in [-0.4, -0.2) is 17.9 Å². The van der Waals surface area contributed by atoms with Crippen molar-refractivity contribution in [2.24, 2.45) is 0 Å². The Bertz CT molecular complexity index is 614. The van der Waals surface area contributed by atoms with Crippen LogP contribution < -0.4 is 10.6 Å². The zero-order valence-electron chi connectivity index (χ0n) is 10.8. The lowest BCUT2D eigenvalue weighted by Crippen LogP contribution is -2.23. The molecule has 0 aliphatic carbocycles. The van der Waals surface area contributed by atoms with Gasteiger partial charge in [-0.15, -0.1) is 0 Å². The summed E-state index contributed by atoms with van der Waals surface area (Å²) < 4.78 is 25.8. The van der Waals surface area contributed by atoms with Crippen LogP contribution in [0.1, 0.15) is 16.1 Å². The highest BCUT2D eigenvalue weighted by Crippen LogP contribution is 2.09. The predicted molar refractivity (Wildman–Crippen MR) is 71.3 cm³/mol. The summed E-state index contributed by atoms with van der Waals surface area (Å²) in [5, 5.41) is 5.48. The molecule has 0 spiro atoms. The number of hydrogen-bond acceptors (Lipinski definition) is 3. The van der Waals surface area contributed by atoms with Gasteiger partial charge < -0.3 is 10.6 Å². The molecule has 0 aliphatic heterocycles. The quantitative estimate of drug-likeness (QED) is 0.902. The van der Waals surface area contributed by atoms with Crippen molar-refractivity contribution in [2.75, 3.05) is 12.4 Å². The van der Waals surface area contributed by atoms with Crippen molar-refractivity contribution < 1.29 is 13.6 Å². The Morgan fingerprint density at radius 1 is 1.20 bits per heavy atom. The van der Waals surface area contributed by atoms with E-state index < -0.39 is 11.6 Å². The SMILES string of the molecule is CNc1ccc(C(=O)NCc2ccc(F)c(F)c2)nc1. The maximum atomic E-state index is 13.0. The fraction of sp³-hybridized carbons (Fsp3) is 0.143. The van der Waals surface area contributed by atoms with Crippen LogP contribution in [0.3, 0.4) is 0 Å². The van der Waals surface area contributed by atoms with Gasteiger partial charge in [-0.2, -0.15) is 0 Å². The minimum atomic E-state index is -0.937. The minimum absolute atomic E-state index is 0.103. The second-order valence-electron chi connectivity index (χ2n) is 4.11. The average Bonchev–Trinajstić information content (AvgIpc) is 2.48. The molecule has 2 rings (SSSR count). The van der Waals surface area contributed by atoms with E-state index in [0.29, 0.717) is 5.56 Å². The van der Waals surface area contributed by atoms with E-state index in [-0.39, 0.29) is 18.1 Å². The van der Waals surface area contributed by atoms with Crippen LogP contribution in [0.5, 0.6) is 0 Å². The van der Waals surface area contributed by atoms with Crippen LogP contribution in [0.2, 0.25) is 0 Å². The second-order valence-corrected chi connectivity index (χ2v) is 4.11. The van der Waals surface area contributed by atoms with Crippen LogP contribution in [-0.2, 0) is 6.54 Å². The first kappa shape index (κ1) is 13.9. The molecule has 1 aromatic carbocycles. The molecule has 1 heterocycles. The summed E-state index contributed by atoms with van der Waals surface area (Å²) in [6.45, 7) is 0.103. The maximum absolute atomic E-state index is 13.0. The molecular formula is C14H13F2N3O. The number of amides is 1. The number of nitrogens with one attached hydrogen (secondary N) is 2. The number of halogens is 2. The van der Waals surface area contributed by atoms with Gasteiger partial charge in [0.1, 0.15) is 5.69 Å². The third-order valence-electron chi connectivity index (χ3n) is 2.72. The van der Waals surface area contributed by atoms with Gasteiger partial charge in [0.05, 0.1) is 11.9 Å². The van der Waals surface area contributed by atoms with E-state index in [0.717, 1.165) is 17.8 Å². The van der Waals surface area contributed by atoms with Crippen molar-refractivity contribution >= 4 is 11.6 Å². The lowest BCUT2D eigenvalue weighted by molar-refractivity contribution is 0.0946. The van der Waals surface area contributed by atoms with Crippen molar-refractivity contribution in [3.05, 3.63) is 59.4 Å².